The van der Waals surface area contributed by atoms with E-state index in [4.69, 9.17) is 16.3 Å². The Morgan fingerprint density at radius 1 is 1.36 bits per heavy atom. The zero-order valence-corrected chi connectivity index (χ0v) is 14.0. The highest BCUT2D eigenvalue weighted by Gasteiger charge is 2.32. The van der Waals surface area contributed by atoms with Crippen molar-refractivity contribution in [3.8, 4) is 11.6 Å². The normalized spacial score (nSPS) is 11.5. The number of hydrogen-bond donors (Lipinski definition) is 1. The third-order valence-electron chi connectivity index (χ3n) is 3.16. The Labute approximate surface area is 145 Å². The minimum atomic E-state index is -4.73. The Kier molecular flexibility index (Phi) is 5.56. The molecule has 2 aromatic rings. The van der Waals surface area contributed by atoms with Gasteiger partial charge in [-0.05, 0) is 26.0 Å². The molecule has 136 valence electrons. The SMILES string of the molecule is CCNC(=O)Cn1nc(Oc2c(F)cc(C(F)(F)F)cc2Cl)cc1C. The van der Waals surface area contributed by atoms with Gasteiger partial charge in [-0.25, -0.2) is 4.39 Å². The van der Waals surface area contributed by atoms with E-state index in [0.717, 1.165) is 0 Å². The third-order valence-corrected chi connectivity index (χ3v) is 3.44. The molecular formula is C15H14ClF4N3O2. The van der Waals surface area contributed by atoms with Gasteiger partial charge in [-0.1, -0.05) is 11.6 Å². The number of benzene rings is 1. The first-order valence-corrected chi connectivity index (χ1v) is 7.54. The second-order valence-corrected chi connectivity index (χ2v) is 5.51. The Balaban J connectivity index is 2.24. The number of carbonyl (C=O) groups is 1. The summed E-state index contributed by atoms with van der Waals surface area (Å²) in [4.78, 5) is 11.6. The molecule has 0 atom stereocenters. The van der Waals surface area contributed by atoms with Gasteiger partial charge in [-0.3, -0.25) is 9.48 Å². The summed E-state index contributed by atoms with van der Waals surface area (Å²) < 4.78 is 58.3. The summed E-state index contributed by atoms with van der Waals surface area (Å²) in [7, 11) is 0. The van der Waals surface area contributed by atoms with Gasteiger partial charge in [0.15, 0.2) is 11.6 Å². The summed E-state index contributed by atoms with van der Waals surface area (Å²) in [5.41, 5.74) is -0.676. The zero-order valence-electron chi connectivity index (χ0n) is 13.2. The molecule has 1 heterocycles. The van der Waals surface area contributed by atoms with Crippen molar-refractivity contribution in [2.45, 2.75) is 26.6 Å². The standard InChI is InChI=1S/C15H14ClF4N3O2/c1-3-21-12(24)7-23-8(2)4-13(22-23)25-14-10(16)5-9(6-11(14)17)15(18,19)20/h4-6H,3,7H2,1-2H3,(H,21,24). The largest absolute Gasteiger partial charge is 0.433 e. The maximum Gasteiger partial charge on any atom is 0.416 e. The summed E-state index contributed by atoms with van der Waals surface area (Å²) in [6.07, 6.45) is -4.73. The lowest BCUT2D eigenvalue weighted by Crippen LogP contribution is -2.27. The molecule has 10 heteroatoms. The number of carbonyl (C=O) groups excluding carboxylic acids is 1. The number of aromatic nitrogens is 2. The molecule has 0 unspecified atom stereocenters. The molecule has 0 bridgehead atoms. The number of amides is 1. The number of likely N-dealkylation sites (N-methyl/N-ethyl adjacent to an activating group) is 1. The van der Waals surface area contributed by atoms with E-state index < -0.39 is 28.3 Å². The number of ether oxygens (including phenoxy) is 1. The molecule has 1 aromatic heterocycles. The molecule has 0 saturated carbocycles. The number of nitrogens with zero attached hydrogens (tertiary/aromatic N) is 2. The number of halogens is 5. The van der Waals surface area contributed by atoms with Crippen molar-refractivity contribution < 1.29 is 27.1 Å². The van der Waals surface area contributed by atoms with Crippen molar-refractivity contribution in [2.24, 2.45) is 0 Å². The maximum absolute atomic E-state index is 13.9. The number of nitrogens with one attached hydrogen (secondary N) is 1. The van der Waals surface area contributed by atoms with Crippen LogP contribution >= 0.6 is 11.6 Å². The molecule has 1 amide bonds. The first-order valence-electron chi connectivity index (χ1n) is 7.17. The molecule has 0 radical (unpaired) electrons. The topological polar surface area (TPSA) is 56.2 Å². The Hall–Kier alpha value is -2.29. The van der Waals surface area contributed by atoms with Gasteiger partial charge in [0, 0.05) is 18.3 Å². The highest BCUT2D eigenvalue weighted by Crippen LogP contribution is 2.38. The van der Waals surface area contributed by atoms with E-state index in [1.54, 1.807) is 13.8 Å². The lowest BCUT2D eigenvalue weighted by atomic mass is 10.2. The van der Waals surface area contributed by atoms with Crippen LogP contribution in [0.5, 0.6) is 11.6 Å². The van der Waals surface area contributed by atoms with Crippen LogP contribution in [0.25, 0.3) is 0 Å². The molecule has 0 fully saturated rings. The fourth-order valence-electron chi connectivity index (χ4n) is 2.00. The smallest absolute Gasteiger partial charge is 0.416 e. The number of alkyl halides is 3. The van der Waals surface area contributed by atoms with Crippen LogP contribution in [-0.4, -0.2) is 22.2 Å². The van der Waals surface area contributed by atoms with Crippen LogP contribution in [0, 0.1) is 12.7 Å². The van der Waals surface area contributed by atoms with E-state index in [9.17, 15) is 22.4 Å². The first-order chi connectivity index (χ1) is 11.6. The molecule has 2 rings (SSSR count). The van der Waals surface area contributed by atoms with E-state index in [-0.39, 0.29) is 18.3 Å². The molecule has 0 spiro atoms. The van der Waals surface area contributed by atoms with Crippen molar-refractivity contribution in [1.29, 1.82) is 0 Å². The average Bonchev–Trinajstić information content (AvgIpc) is 2.82. The molecule has 5 nitrogen and oxygen atoms in total. The third kappa shape index (κ3) is 4.62. The van der Waals surface area contributed by atoms with Crippen molar-refractivity contribution in [3.05, 3.63) is 40.3 Å². The molecule has 0 aliphatic carbocycles. The van der Waals surface area contributed by atoms with E-state index in [0.29, 0.717) is 24.4 Å². The van der Waals surface area contributed by atoms with Crippen molar-refractivity contribution in [2.75, 3.05) is 6.54 Å². The minimum Gasteiger partial charge on any atom is -0.433 e. The van der Waals surface area contributed by atoms with Crippen molar-refractivity contribution in [3.63, 3.8) is 0 Å². The highest BCUT2D eigenvalue weighted by molar-refractivity contribution is 6.32. The summed E-state index contributed by atoms with van der Waals surface area (Å²) in [6, 6.07) is 2.27. The van der Waals surface area contributed by atoms with E-state index in [2.05, 4.69) is 10.4 Å². The van der Waals surface area contributed by atoms with E-state index in [1.807, 2.05) is 0 Å². The van der Waals surface area contributed by atoms with Gasteiger partial charge < -0.3 is 10.1 Å². The molecule has 25 heavy (non-hydrogen) atoms. The predicted octanol–water partition coefficient (Wildman–Crippen LogP) is 3.93. The molecule has 0 aliphatic rings. The molecule has 1 aromatic carbocycles. The summed E-state index contributed by atoms with van der Waals surface area (Å²) in [6.45, 7) is 3.78. The fourth-order valence-corrected chi connectivity index (χ4v) is 2.25. The van der Waals surface area contributed by atoms with Crippen LogP contribution in [0.2, 0.25) is 5.02 Å². The lowest BCUT2D eigenvalue weighted by molar-refractivity contribution is -0.137. The fraction of sp³-hybridized carbons (Fsp3) is 0.333. The van der Waals surface area contributed by atoms with Crippen molar-refractivity contribution in [1.82, 2.24) is 15.1 Å². The van der Waals surface area contributed by atoms with Crippen LogP contribution in [0.15, 0.2) is 18.2 Å². The minimum absolute atomic E-state index is 0.0771. The molecule has 0 saturated heterocycles. The van der Waals surface area contributed by atoms with Gasteiger partial charge >= 0.3 is 6.18 Å². The van der Waals surface area contributed by atoms with Crippen LogP contribution in [0.3, 0.4) is 0 Å². The maximum atomic E-state index is 13.9. The van der Waals surface area contributed by atoms with Crippen LogP contribution in [0.4, 0.5) is 17.6 Å². The molecule has 1 N–H and O–H groups in total. The number of aryl methyl sites for hydroxylation is 1. The lowest BCUT2D eigenvalue weighted by Gasteiger charge is -2.11. The monoisotopic (exact) mass is 379 g/mol. The van der Waals surface area contributed by atoms with E-state index >= 15 is 0 Å². The van der Waals surface area contributed by atoms with Crippen LogP contribution in [0.1, 0.15) is 18.2 Å². The first kappa shape index (κ1) is 19.0. The average molecular weight is 380 g/mol. The molecular weight excluding hydrogens is 366 g/mol. The highest BCUT2D eigenvalue weighted by atomic mass is 35.5. The summed E-state index contributed by atoms with van der Waals surface area (Å²) in [5, 5.41) is 6.02. The summed E-state index contributed by atoms with van der Waals surface area (Å²) >= 11 is 5.70. The van der Waals surface area contributed by atoms with Gasteiger partial charge in [0.2, 0.25) is 11.8 Å². The van der Waals surface area contributed by atoms with Crippen LogP contribution in [-0.2, 0) is 17.5 Å². The number of rotatable bonds is 5. The van der Waals surface area contributed by atoms with Gasteiger partial charge in [-0.2, -0.15) is 13.2 Å². The number of hydrogen-bond acceptors (Lipinski definition) is 3. The Morgan fingerprint density at radius 3 is 2.60 bits per heavy atom. The second kappa shape index (κ2) is 7.30. The van der Waals surface area contributed by atoms with Gasteiger partial charge in [-0.15, -0.1) is 5.10 Å². The Morgan fingerprint density at radius 2 is 2.04 bits per heavy atom. The zero-order chi connectivity index (χ0) is 18.8. The van der Waals surface area contributed by atoms with Crippen LogP contribution < -0.4 is 10.1 Å². The van der Waals surface area contributed by atoms with E-state index in [1.165, 1.54) is 10.7 Å². The second-order valence-electron chi connectivity index (χ2n) is 5.10. The van der Waals surface area contributed by atoms with Crippen molar-refractivity contribution >= 4 is 17.5 Å². The predicted molar refractivity (Wildman–Crippen MR) is 82.1 cm³/mol. The van der Waals surface area contributed by atoms with Gasteiger partial charge in [0.1, 0.15) is 6.54 Å². The Bertz CT molecular complexity index is 767. The quantitative estimate of drug-likeness (QED) is 0.801. The van der Waals surface area contributed by atoms with Gasteiger partial charge in [0.25, 0.3) is 0 Å². The molecule has 0 aliphatic heterocycles. The summed E-state index contributed by atoms with van der Waals surface area (Å²) in [5.74, 6) is -2.21. The van der Waals surface area contributed by atoms with Gasteiger partial charge in [0.05, 0.1) is 10.6 Å².